The molecule has 2 aromatic rings. The van der Waals surface area contributed by atoms with Crippen molar-refractivity contribution in [2.24, 2.45) is 11.5 Å². The van der Waals surface area contributed by atoms with E-state index in [1.54, 1.807) is 10.9 Å². The Kier molecular flexibility index (Phi) is 9.93. The van der Waals surface area contributed by atoms with Gasteiger partial charge in [-0.3, -0.25) is 0 Å². The molecule has 28 heavy (non-hydrogen) atoms. The van der Waals surface area contributed by atoms with E-state index in [-0.39, 0.29) is 6.54 Å². The molecule has 0 aliphatic carbocycles. The van der Waals surface area contributed by atoms with Crippen LogP contribution in [-0.4, -0.2) is 66.0 Å². The van der Waals surface area contributed by atoms with E-state index in [2.05, 4.69) is 15.0 Å². The molecule has 0 amide bonds. The number of thioether (sulfide) groups is 1. The summed E-state index contributed by atoms with van der Waals surface area (Å²) in [5, 5.41) is 21.2. The number of aromatic nitrogens is 4. The number of hydrogen-bond donors (Lipinski definition) is 5. The minimum atomic E-state index is -0.910. The van der Waals surface area contributed by atoms with Gasteiger partial charge in [-0.2, -0.15) is 11.8 Å². The van der Waals surface area contributed by atoms with Crippen LogP contribution in [0.4, 0.5) is 5.82 Å². The fraction of sp³-hybridized carbons (Fsp3) is 0.722. The van der Waals surface area contributed by atoms with Gasteiger partial charge in [0, 0.05) is 5.25 Å². The smallest absolute Gasteiger partial charge is 0.165 e. The summed E-state index contributed by atoms with van der Waals surface area (Å²) in [7, 11) is 0. The maximum atomic E-state index is 10.4. The van der Waals surface area contributed by atoms with Gasteiger partial charge in [-0.05, 0) is 44.5 Å². The lowest BCUT2D eigenvalue weighted by Crippen LogP contribution is -2.31. The fourth-order valence-electron chi connectivity index (χ4n) is 3.09. The largest absolute Gasteiger partial charge is 0.390 e. The van der Waals surface area contributed by atoms with Crippen LogP contribution in [0.5, 0.6) is 0 Å². The minimum absolute atomic E-state index is 0.199. The Morgan fingerprint density at radius 3 is 2.54 bits per heavy atom. The molecule has 3 unspecified atom stereocenters. The molecule has 158 valence electrons. The Hall–Kier alpha value is -1.46. The molecular weight excluding hydrogens is 378 g/mol. The van der Waals surface area contributed by atoms with Crippen molar-refractivity contribution in [2.45, 2.75) is 62.5 Å². The van der Waals surface area contributed by atoms with E-state index in [1.807, 2.05) is 11.8 Å². The second-order valence-electron chi connectivity index (χ2n) is 6.96. The molecule has 0 saturated heterocycles. The van der Waals surface area contributed by atoms with Crippen molar-refractivity contribution in [2.75, 3.05) is 24.6 Å². The monoisotopic (exact) mass is 411 g/mol. The van der Waals surface area contributed by atoms with Crippen molar-refractivity contribution in [3.05, 3.63) is 12.7 Å². The van der Waals surface area contributed by atoms with Crippen LogP contribution >= 0.6 is 11.8 Å². The maximum absolute atomic E-state index is 10.4. The maximum Gasteiger partial charge on any atom is 0.165 e. The summed E-state index contributed by atoms with van der Waals surface area (Å²) in [5.41, 5.74) is 18.1. The average molecular weight is 412 g/mol. The molecule has 2 rings (SSSR count). The van der Waals surface area contributed by atoms with E-state index in [0.29, 0.717) is 35.2 Å². The number of imidazole rings is 1. The first-order chi connectivity index (χ1) is 13.6. The van der Waals surface area contributed by atoms with E-state index in [0.717, 1.165) is 44.4 Å². The summed E-state index contributed by atoms with van der Waals surface area (Å²) in [6.07, 6.45) is 7.14. The number of aliphatic hydroxyl groups excluding tert-OH is 2. The number of rotatable bonds is 14. The summed E-state index contributed by atoms with van der Waals surface area (Å²) in [5.74, 6) is 1.08. The summed E-state index contributed by atoms with van der Waals surface area (Å²) in [6, 6.07) is 0. The molecule has 2 aromatic heterocycles. The van der Waals surface area contributed by atoms with Crippen molar-refractivity contribution in [3.8, 4) is 0 Å². The number of nitrogen functional groups attached to an aromatic ring is 1. The SMILES string of the molecule is NCCCCCC(CCN)SCCC(O)C(O)Cn1cnc2c(N)ncnc21. The lowest BCUT2D eigenvalue weighted by atomic mass is 10.1. The fourth-order valence-corrected chi connectivity index (χ4v) is 4.44. The van der Waals surface area contributed by atoms with Crippen molar-refractivity contribution in [1.82, 2.24) is 19.5 Å². The highest BCUT2D eigenvalue weighted by Crippen LogP contribution is 2.23. The summed E-state index contributed by atoms with van der Waals surface area (Å²) < 4.78 is 1.68. The minimum Gasteiger partial charge on any atom is -0.390 e. The Morgan fingerprint density at radius 1 is 0.964 bits per heavy atom. The van der Waals surface area contributed by atoms with Crippen LogP contribution in [0.25, 0.3) is 11.2 Å². The second kappa shape index (κ2) is 12.2. The molecule has 0 saturated carbocycles. The Balaban J connectivity index is 1.77. The first-order valence-electron chi connectivity index (χ1n) is 9.86. The molecule has 0 fully saturated rings. The van der Waals surface area contributed by atoms with E-state index >= 15 is 0 Å². The van der Waals surface area contributed by atoms with Gasteiger partial charge in [0.05, 0.1) is 25.1 Å². The topological polar surface area (TPSA) is 162 Å². The van der Waals surface area contributed by atoms with E-state index in [9.17, 15) is 10.2 Å². The number of hydrogen-bond acceptors (Lipinski definition) is 9. The zero-order valence-corrected chi connectivity index (χ0v) is 17.1. The third kappa shape index (κ3) is 6.85. The highest BCUT2D eigenvalue weighted by Gasteiger charge is 2.19. The van der Waals surface area contributed by atoms with Crippen LogP contribution in [0.3, 0.4) is 0 Å². The molecule has 0 radical (unpaired) electrons. The van der Waals surface area contributed by atoms with Gasteiger partial charge in [0.2, 0.25) is 0 Å². The molecule has 0 bridgehead atoms. The Morgan fingerprint density at radius 2 is 1.79 bits per heavy atom. The van der Waals surface area contributed by atoms with Crippen LogP contribution in [0, 0.1) is 0 Å². The van der Waals surface area contributed by atoms with Crippen molar-refractivity contribution >= 4 is 28.7 Å². The van der Waals surface area contributed by atoms with Gasteiger partial charge in [0.15, 0.2) is 11.5 Å². The molecule has 2 heterocycles. The zero-order valence-electron chi connectivity index (χ0n) is 16.3. The first kappa shape index (κ1) is 22.8. The highest BCUT2D eigenvalue weighted by atomic mass is 32.2. The first-order valence-corrected chi connectivity index (χ1v) is 10.9. The second-order valence-corrected chi connectivity index (χ2v) is 8.37. The number of nitrogens with zero attached hydrogens (tertiary/aromatic N) is 4. The molecule has 3 atom stereocenters. The van der Waals surface area contributed by atoms with Gasteiger partial charge in [-0.15, -0.1) is 0 Å². The molecule has 10 heteroatoms. The lowest BCUT2D eigenvalue weighted by Gasteiger charge is -2.20. The summed E-state index contributed by atoms with van der Waals surface area (Å²) >= 11 is 1.82. The molecule has 9 nitrogen and oxygen atoms in total. The van der Waals surface area contributed by atoms with Crippen LogP contribution in [-0.2, 0) is 6.54 Å². The Bertz CT molecular complexity index is 700. The molecular formula is C18H33N7O2S. The van der Waals surface area contributed by atoms with Crippen LogP contribution in [0.2, 0.25) is 0 Å². The predicted octanol–water partition coefficient (Wildman–Crippen LogP) is 0.490. The van der Waals surface area contributed by atoms with Gasteiger partial charge in [-0.1, -0.05) is 12.8 Å². The molecule has 0 aromatic carbocycles. The van der Waals surface area contributed by atoms with Crippen molar-refractivity contribution in [1.29, 1.82) is 0 Å². The summed E-state index contributed by atoms with van der Waals surface area (Å²) in [4.78, 5) is 12.2. The average Bonchev–Trinajstić information content (AvgIpc) is 3.09. The van der Waals surface area contributed by atoms with Crippen LogP contribution in [0.1, 0.15) is 38.5 Å². The van der Waals surface area contributed by atoms with Crippen LogP contribution < -0.4 is 17.2 Å². The quantitative estimate of drug-likeness (QED) is 0.278. The zero-order chi connectivity index (χ0) is 20.4. The molecule has 0 aliphatic rings. The third-order valence-electron chi connectivity index (χ3n) is 4.74. The molecule has 0 aliphatic heterocycles. The van der Waals surface area contributed by atoms with Gasteiger partial charge < -0.3 is 32.0 Å². The lowest BCUT2D eigenvalue weighted by molar-refractivity contribution is 0.00886. The third-order valence-corrected chi connectivity index (χ3v) is 6.16. The predicted molar refractivity (Wildman–Crippen MR) is 114 cm³/mol. The molecule has 8 N–H and O–H groups in total. The normalized spacial score (nSPS) is 15.0. The highest BCUT2D eigenvalue weighted by molar-refractivity contribution is 7.99. The van der Waals surface area contributed by atoms with E-state index in [4.69, 9.17) is 17.2 Å². The Labute approximate surface area is 170 Å². The van der Waals surface area contributed by atoms with Gasteiger partial charge in [-0.25, -0.2) is 15.0 Å². The number of anilines is 1. The summed E-state index contributed by atoms with van der Waals surface area (Å²) in [6.45, 7) is 1.60. The number of aliphatic hydroxyl groups is 2. The van der Waals surface area contributed by atoms with Crippen molar-refractivity contribution < 1.29 is 10.2 Å². The molecule has 0 spiro atoms. The van der Waals surface area contributed by atoms with Gasteiger partial charge >= 0.3 is 0 Å². The van der Waals surface area contributed by atoms with Gasteiger partial charge in [0.1, 0.15) is 11.8 Å². The standard InChI is InChI=1S/C18H33N7O2S/c19-7-3-1-2-4-13(5-8-20)28-9-6-14(26)15(27)10-25-12-24-16-17(21)22-11-23-18(16)25/h11-15,26-27H,1-10,19-20H2,(H2,21,22,23). The van der Waals surface area contributed by atoms with Crippen molar-refractivity contribution in [3.63, 3.8) is 0 Å². The number of fused-ring (bicyclic) bond motifs is 1. The number of unbranched alkanes of at least 4 members (excludes halogenated alkanes) is 2. The van der Waals surface area contributed by atoms with Gasteiger partial charge in [0.25, 0.3) is 0 Å². The number of nitrogens with two attached hydrogens (primary N) is 3. The van der Waals surface area contributed by atoms with E-state index < -0.39 is 12.2 Å². The van der Waals surface area contributed by atoms with E-state index in [1.165, 1.54) is 6.33 Å². The van der Waals surface area contributed by atoms with Crippen LogP contribution in [0.15, 0.2) is 12.7 Å².